The lowest BCUT2D eigenvalue weighted by molar-refractivity contribution is -0.143. The fraction of sp³-hybridized carbons (Fsp3) is 0.458. The number of hydrogen-bond acceptors (Lipinski definition) is 8. The van der Waals surface area contributed by atoms with Crippen molar-refractivity contribution >= 4 is 41.5 Å². The predicted octanol–water partition coefficient (Wildman–Crippen LogP) is -3.11. The molecule has 13 N–H and O–H groups in total. The van der Waals surface area contributed by atoms with E-state index < -0.39 is 72.6 Å². The van der Waals surface area contributed by atoms with Crippen molar-refractivity contribution in [3.05, 3.63) is 35.9 Å². The quantitative estimate of drug-likeness (QED) is 0.0488. The lowest BCUT2D eigenvalue weighted by Gasteiger charge is -2.25. The molecule has 0 fully saturated rings. The molecule has 4 atom stereocenters. The first kappa shape index (κ1) is 33.3. The third-order valence-electron chi connectivity index (χ3n) is 5.51. The van der Waals surface area contributed by atoms with Gasteiger partial charge in [0, 0.05) is 19.4 Å². The average Bonchev–Trinajstić information content (AvgIpc) is 2.87. The van der Waals surface area contributed by atoms with Crippen molar-refractivity contribution in [1.82, 2.24) is 16.0 Å². The summed E-state index contributed by atoms with van der Waals surface area (Å²) in [6.07, 6.45) is -1.27. The number of guanidine groups is 1. The Kier molecular flexibility index (Phi) is 14.1. The Hall–Kier alpha value is -4.73. The largest absolute Gasteiger partial charge is 0.481 e. The number of aliphatic carboxylic acids is 2. The van der Waals surface area contributed by atoms with Gasteiger partial charge in [-0.3, -0.25) is 29.0 Å². The smallest absolute Gasteiger partial charge is 0.326 e. The summed E-state index contributed by atoms with van der Waals surface area (Å²) in [5.74, 6) is -6.30. The van der Waals surface area contributed by atoms with E-state index in [1.54, 1.807) is 30.3 Å². The van der Waals surface area contributed by atoms with E-state index in [0.717, 1.165) is 0 Å². The Morgan fingerprint density at radius 1 is 0.800 bits per heavy atom. The van der Waals surface area contributed by atoms with Crippen LogP contribution in [0.2, 0.25) is 0 Å². The number of carboxylic acid groups (broad SMARTS) is 2. The fourth-order valence-corrected chi connectivity index (χ4v) is 3.49. The molecule has 0 radical (unpaired) electrons. The molecule has 0 saturated heterocycles. The van der Waals surface area contributed by atoms with E-state index in [-0.39, 0.29) is 38.2 Å². The minimum absolute atomic E-state index is 0.0441. The molecule has 0 aliphatic heterocycles. The van der Waals surface area contributed by atoms with Crippen LogP contribution in [0.25, 0.3) is 0 Å². The third-order valence-corrected chi connectivity index (χ3v) is 5.51. The van der Waals surface area contributed by atoms with Gasteiger partial charge in [0.2, 0.25) is 23.6 Å². The summed E-state index contributed by atoms with van der Waals surface area (Å²) in [7, 11) is 0. The number of benzene rings is 1. The Morgan fingerprint density at radius 3 is 1.93 bits per heavy atom. The lowest BCUT2D eigenvalue weighted by Crippen LogP contribution is -2.57. The molecule has 16 heteroatoms. The van der Waals surface area contributed by atoms with Crippen molar-refractivity contribution in [1.29, 1.82) is 0 Å². The van der Waals surface area contributed by atoms with Gasteiger partial charge in [0.15, 0.2) is 5.96 Å². The number of nitrogens with one attached hydrogen (secondary N) is 3. The Labute approximate surface area is 229 Å². The highest BCUT2D eigenvalue weighted by Gasteiger charge is 2.31. The number of carbonyl (C=O) groups is 6. The fourth-order valence-electron chi connectivity index (χ4n) is 3.49. The van der Waals surface area contributed by atoms with Gasteiger partial charge in [-0.25, -0.2) is 4.79 Å². The zero-order valence-corrected chi connectivity index (χ0v) is 21.7. The maximum Gasteiger partial charge on any atom is 0.326 e. The molecule has 0 bridgehead atoms. The van der Waals surface area contributed by atoms with Gasteiger partial charge in [-0.1, -0.05) is 30.3 Å². The third kappa shape index (κ3) is 13.2. The van der Waals surface area contributed by atoms with E-state index in [1.165, 1.54) is 0 Å². The van der Waals surface area contributed by atoms with Crippen LogP contribution in [0.15, 0.2) is 35.3 Å². The standard InChI is InChI=1S/C24H36N8O8/c25-14(12-18(26)33)20(36)32-17(11-13-5-2-1-3-6-13)22(38)30-15(8-9-19(34)35)21(37)31-16(23(39)40)7-4-10-29-24(27)28/h1-3,5-6,14-17H,4,7-12,25H2,(H2,26,33)(H,30,38)(H,31,37)(H,32,36)(H,34,35)(H,39,40)(H4,27,28,29). The summed E-state index contributed by atoms with van der Waals surface area (Å²) in [4.78, 5) is 76.5. The lowest BCUT2D eigenvalue weighted by atomic mass is 10.0. The topological polar surface area (TPSA) is 295 Å². The highest BCUT2D eigenvalue weighted by molar-refractivity contribution is 5.95. The van der Waals surface area contributed by atoms with Crippen molar-refractivity contribution in [3.63, 3.8) is 0 Å². The second-order valence-electron chi connectivity index (χ2n) is 8.87. The van der Waals surface area contributed by atoms with Crippen molar-refractivity contribution in [2.24, 2.45) is 27.9 Å². The number of hydrogen-bond donors (Lipinski definition) is 9. The molecule has 0 aromatic heterocycles. The number of carboxylic acids is 2. The number of aliphatic imine (C=N–C) groups is 1. The molecule has 1 rings (SSSR count). The van der Waals surface area contributed by atoms with Crippen molar-refractivity contribution in [3.8, 4) is 0 Å². The van der Waals surface area contributed by atoms with Gasteiger partial charge in [0.05, 0.1) is 12.5 Å². The summed E-state index contributed by atoms with van der Waals surface area (Å²) in [6, 6.07) is 3.04. The van der Waals surface area contributed by atoms with E-state index in [0.29, 0.717) is 5.56 Å². The molecule has 0 spiro atoms. The highest BCUT2D eigenvalue weighted by atomic mass is 16.4. The molecule has 220 valence electrons. The van der Waals surface area contributed by atoms with E-state index in [4.69, 9.17) is 28.0 Å². The minimum Gasteiger partial charge on any atom is -0.481 e. The summed E-state index contributed by atoms with van der Waals surface area (Å²) in [5, 5.41) is 25.7. The van der Waals surface area contributed by atoms with Crippen LogP contribution in [-0.2, 0) is 35.2 Å². The number of nitrogens with zero attached hydrogens (tertiary/aromatic N) is 1. The summed E-state index contributed by atoms with van der Waals surface area (Å²) >= 11 is 0. The molecular weight excluding hydrogens is 528 g/mol. The second kappa shape index (κ2) is 17.0. The number of carbonyl (C=O) groups excluding carboxylic acids is 4. The maximum atomic E-state index is 13.2. The predicted molar refractivity (Wildman–Crippen MR) is 142 cm³/mol. The zero-order chi connectivity index (χ0) is 30.2. The van der Waals surface area contributed by atoms with Crippen LogP contribution in [0.5, 0.6) is 0 Å². The number of rotatable bonds is 18. The van der Waals surface area contributed by atoms with Gasteiger partial charge < -0.3 is 49.1 Å². The van der Waals surface area contributed by atoms with Crippen LogP contribution in [0, 0.1) is 0 Å². The monoisotopic (exact) mass is 564 g/mol. The molecule has 0 aliphatic carbocycles. The number of primary amides is 1. The Bertz CT molecular complexity index is 1080. The van der Waals surface area contributed by atoms with Crippen LogP contribution in [-0.4, -0.2) is 82.5 Å². The van der Waals surface area contributed by atoms with E-state index in [1.807, 2.05) is 0 Å². The molecule has 40 heavy (non-hydrogen) atoms. The summed E-state index contributed by atoms with van der Waals surface area (Å²) in [6.45, 7) is 0.111. The van der Waals surface area contributed by atoms with Crippen LogP contribution in [0.3, 0.4) is 0 Å². The Balaban J connectivity index is 3.10. The molecule has 0 saturated carbocycles. The van der Waals surface area contributed by atoms with Crippen molar-refractivity contribution < 1.29 is 39.0 Å². The Morgan fingerprint density at radius 2 is 1.38 bits per heavy atom. The SMILES string of the molecule is NC(=O)CC(N)C(=O)NC(Cc1ccccc1)C(=O)NC(CCC(=O)O)C(=O)NC(CCCN=C(N)N)C(=O)O. The maximum absolute atomic E-state index is 13.2. The number of nitrogens with two attached hydrogens (primary N) is 4. The van der Waals surface area contributed by atoms with Gasteiger partial charge in [-0.15, -0.1) is 0 Å². The minimum atomic E-state index is -1.46. The van der Waals surface area contributed by atoms with Crippen LogP contribution >= 0.6 is 0 Å². The molecule has 1 aromatic carbocycles. The van der Waals surface area contributed by atoms with Crippen molar-refractivity contribution in [2.75, 3.05) is 6.54 Å². The zero-order valence-electron chi connectivity index (χ0n) is 21.7. The second-order valence-corrected chi connectivity index (χ2v) is 8.87. The molecule has 1 aromatic rings. The van der Waals surface area contributed by atoms with Gasteiger partial charge in [-0.2, -0.15) is 0 Å². The van der Waals surface area contributed by atoms with Crippen molar-refractivity contribution in [2.45, 2.75) is 62.7 Å². The van der Waals surface area contributed by atoms with E-state index in [9.17, 15) is 33.9 Å². The molecular formula is C24H36N8O8. The van der Waals surface area contributed by atoms with Gasteiger partial charge in [0.1, 0.15) is 18.1 Å². The molecule has 0 aliphatic rings. The normalized spacial score (nSPS) is 13.5. The van der Waals surface area contributed by atoms with Gasteiger partial charge in [0.25, 0.3) is 0 Å². The molecule has 0 heterocycles. The van der Waals surface area contributed by atoms with Gasteiger partial charge in [-0.05, 0) is 24.8 Å². The average molecular weight is 565 g/mol. The first-order valence-electron chi connectivity index (χ1n) is 12.3. The summed E-state index contributed by atoms with van der Waals surface area (Å²) in [5.41, 5.74) is 21.9. The molecule has 4 unspecified atom stereocenters. The van der Waals surface area contributed by atoms with Crippen LogP contribution in [0.1, 0.15) is 37.7 Å². The molecule has 16 nitrogen and oxygen atoms in total. The first-order chi connectivity index (χ1) is 18.8. The summed E-state index contributed by atoms with van der Waals surface area (Å²) < 4.78 is 0. The first-order valence-corrected chi connectivity index (χ1v) is 12.3. The number of amides is 4. The molecule has 4 amide bonds. The van der Waals surface area contributed by atoms with E-state index >= 15 is 0 Å². The van der Waals surface area contributed by atoms with Gasteiger partial charge >= 0.3 is 11.9 Å². The van der Waals surface area contributed by atoms with Crippen LogP contribution in [0.4, 0.5) is 0 Å². The van der Waals surface area contributed by atoms with E-state index in [2.05, 4.69) is 20.9 Å². The highest BCUT2D eigenvalue weighted by Crippen LogP contribution is 2.07. The van der Waals surface area contributed by atoms with Crippen LogP contribution < -0.4 is 38.9 Å².